The van der Waals surface area contributed by atoms with Gasteiger partial charge in [-0.05, 0) is 42.8 Å². The zero-order chi connectivity index (χ0) is 16.1. The number of carbonyl (C=O) groups excluding carboxylic acids is 1. The van der Waals surface area contributed by atoms with E-state index >= 15 is 0 Å². The Morgan fingerprint density at radius 2 is 2.04 bits per heavy atom. The lowest BCUT2D eigenvalue weighted by atomic mass is 10.2. The number of aromatic nitrogens is 1. The Bertz CT molecular complexity index is 798. The van der Waals surface area contributed by atoms with Gasteiger partial charge in [-0.25, -0.2) is 0 Å². The topological polar surface area (TPSA) is 67.2 Å². The van der Waals surface area contributed by atoms with E-state index in [0.717, 1.165) is 16.9 Å². The van der Waals surface area contributed by atoms with Crippen molar-refractivity contribution in [3.8, 4) is 0 Å². The maximum atomic E-state index is 12.2. The van der Waals surface area contributed by atoms with E-state index in [4.69, 9.17) is 4.42 Å². The second kappa shape index (κ2) is 6.79. The maximum Gasteiger partial charge on any atom is 0.270 e. The minimum absolute atomic E-state index is 0.241. The molecule has 0 aliphatic rings. The van der Waals surface area contributed by atoms with Crippen molar-refractivity contribution in [3.63, 3.8) is 0 Å². The van der Waals surface area contributed by atoms with E-state index in [9.17, 15) is 4.79 Å². The average molecular weight is 307 g/mol. The minimum atomic E-state index is -0.241. The molecule has 0 saturated carbocycles. The normalized spacial score (nSPS) is 10.3. The highest BCUT2D eigenvalue weighted by molar-refractivity contribution is 5.93. The van der Waals surface area contributed by atoms with Crippen molar-refractivity contribution in [2.45, 2.75) is 13.5 Å². The van der Waals surface area contributed by atoms with Crippen LogP contribution in [0.4, 0.5) is 11.4 Å². The SMILES string of the molecule is Cc1ccccc1Nc1ccnc(C(=O)NCc2ccco2)c1. The molecule has 116 valence electrons. The molecule has 1 amide bonds. The van der Waals surface area contributed by atoms with E-state index in [1.54, 1.807) is 24.6 Å². The molecule has 3 rings (SSSR count). The van der Waals surface area contributed by atoms with Crippen LogP contribution in [0.25, 0.3) is 0 Å². The van der Waals surface area contributed by atoms with E-state index in [-0.39, 0.29) is 5.91 Å². The number of aryl methyl sites for hydroxylation is 1. The Morgan fingerprint density at radius 3 is 2.83 bits per heavy atom. The number of nitrogens with zero attached hydrogens (tertiary/aromatic N) is 1. The molecule has 0 bridgehead atoms. The number of furan rings is 1. The number of para-hydroxylation sites is 1. The van der Waals surface area contributed by atoms with Crippen molar-refractivity contribution in [3.05, 3.63) is 78.0 Å². The lowest BCUT2D eigenvalue weighted by molar-refractivity contribution is 0.0943. The van der Waals surface area contributed by atoms with Crippen LogP contribution in [0.3, 0.4) is 0 Å². The number of amides is 1. The first-order valence-electron chi connectivity index (χ1n) is 7.31. The zero-order valence-corrected chi connectivity index (χ0v) is 12.7. The number of nitrogens with one attached hydrogen (secondary N) is 2. The van der Waals surface area contributed by atoms with Gasteiger partial charge in [0, 0.05) is 17.6 Å². The van der Waals surface area contributed by atoms with Crippen LogP contribution in [0.5, 0.6) is 0 Å². The fraction of sp³-hybridized carbons (Fsp3) is 0.111. The first kappa shape index (κ1) is 14.8. The van der Waals surface area contributed by atoms with E-state index in [1.807, 2.05) is 43.3 Å². The van der Waals surface area contributed by atoms with Gasteiger partial charge in [0.15, 0.2) is 0 Å². The Labute approximate surface area is 134 Å². The number of carbonyl (C=O) groups is 1. The number of rotatable bonds is 5. The third kappa shape index (κ3) is 3.77. The summed E-state index contributed by atoms with van der Waals surface area (Å²) in [6.45, 7) is 2.36. The molecule has 0 saturated heterocycles. The van der Waals surface area contributed by atoms with E-state index in [1.165, 1.54) is 0 Å². The van der Waals surface area contributed by atoms with Gasteiger partial charge in [0.1, 0.15) is 11.5 Å². The largest absolute Gasteiger partial charge is 0.467 e. The highest BCUT2D eigenvalue weighted by Crippen LogP contribution is 2.20. The lowest BCUT2D eigenvalue weighted by Crippen LogP contribution is -2.23. The van der Waals surface area contributed by atoms with Gasteiger partial charge in [-0.1, -0.05) is 18.2 Å². The maximum absolute atomic E-state index is 12.2. The first-order chi connectivity index (χ1) is 11.2. The van der Waals surface area contributed by atoms with E-state index in [2.05, 4.69) is 15.6 Å². The Morgan fingerprint density at radius 1 is 1.17 bits per heavy atom. The number of pyridine rings is 1. The zero-order valence-electron chi connectivity index (χ0n) is 12.7. The molecule has 23 heavy (non-hydrogen) atoms. The number of anilines is 2. The molecule has 0 radical (unpaired) electrons. The van der Waals surface area contributed by atoms with Crippen LogP contribution in [0.1, 0.15) is 21.8 Å². The van der Waals surface area contributed by atoms with Crippen LogP contribution < -0.4 is 10.6 Å². The molecule has 0 aliphatic carbocycles. The molecule has 2 aromatic heterocycles. The van der Waals surface area contributed by atoms with Crippen molar-refractivity contribution in [1.82, 2.24) is 10.3 Å². The van der Waals surface area contributed by atoms with Crippen LogP contribution in [0.2, 0.25) is 0 Å². The third-order valence-corrected chi connectivity index (χ3v) is 3.42. The average Bonchev–Trinajstić information content (AvgIpc) is 3.08. The van der Waals surface area contributed by atoms with Crippen molar-refractivity contribution in [2.24, 2.45) is 0 Å². The lowest BCUT2D eigenvalue weighted by Gasteiger charge is -2.10. The molecule has 3 aromatic rings. The second-order valence-electron chi connectivity index (χ2n) is 5.13. The summed E-state index contributed by atoms with van der Waals surface area (Å²) >= 11 is 0. The van der Waals surface area contributed by atoms with Gasteiger partial charge in [-0.3, -0.25) is 9.78 Å². The third-order valence-electron chi connectivity index (χ3n) is 3.42. The van der Waals surface area contributed by atoms with Gasteiger partial charge < -0.3 is 15.1 Å². The van der Waals surface area contributed by atoms with Gasteiger partial charge in [0.05, 0.1) is 12.8 Å². The van der Waals surface area contributed by atoms with Gasteiger partial charge in [0.2, 0.25) is 0 Å². The minimum Gasteiger partial charge on any atom is -0.467 e. The van der Waals surface area contributed by atoms with Crippen LogP contribution in [0.15, 0.2) is 65.4 Å². The fourth-order valence-electron chi connectivity index (χ4n) is 2.17. The summed E-state index contributed by atoms with van der Waals surface area (Å²) in [7, 11) is 0. The van der Waals surface area contributed by atoms with Crippen molar-refractivity contribution >= 4 is 17.3 Å². The van der Waals surface area contributed by atoms with Gasteiger partial charge in [0.25, 0.3) is 5.91 Å². The molecule has 5 heteroatoms. The molecule has 0 unspecified atom stereocenters. The molecule has 1 aromatic carbocycles. The monoisotopic (exact) mass is 307 g/mol. The van der Waals surface area contributed by atoms with Crippen molar-refractivity contribution < 1.29 is 9.21 Å². The van der Waals surface area contributed by atoms with E-state index in [0.29, 0.717) is 18.0 Å². The summed E-state index contributed by atoms with van der Waals surface area (Å²) in [6, 6.07) is 15.1. The number of hydrogen-bond acceptors (Lipinski definition) is 4. The molecular formula is C18H17N3O2. The van der Waals surface area contributed by atoms with Crippen LogP contribution in [0, 0.1) is 6.92 Å². The molecule has 0 aliphatic heterocycles. The van der Waals surface area contributed by atoms with Gasteiger partial charge in [-0.15, -0.1) is 0 Å². The number of benzene rings is 1. The predicted molar refractivity (Wildman–Crippen MR) is 88.6 cm³/mol. The standard InChI is InChI=1S/C18H17N3O2/c1-13-5-2-3-7-16(13)21-14-8-9-19-17(11-14)18(22)20-12-15-6-4-10-23-15/h2-11H,12H2,1H3,(H,19,21)(H,20,22). The fourth-order valence-corrected chi connectivity index (χ4v) is 2.17. The Kier molecular flexibility index (Phi) is 4.38. The number of hydrogen-bond donors (Lipinski definition) is 2. The van der Waals surface area contributed by atoms with Gasteiger partial charge >= 0.3 is 0 Å². The van der Waals surface area contributed by atoms with Crippen LogP contribution in [-0.4, -0.2) is 10.9 Å². The molecule has 0 atom stereocenters. The first-order valence-corrected chi connectivity index (χ1v) is 7.31. The van der Waals surface area contributed by atoms with Gasteiger partial charge in [-0.2, -0.15) is 0 Å². The highest BCUT2D eigenvalue weighted by atomic mass is 16.3. The smallest absolute Gasteiger partial charge is 0.270 e. The second-order valence-corrected chi connectivity index (χ2v) is 5.13. The molecule has 2 heterocycles. The summed E-state index contributed by atoms with van der Waals surface area (Å²) in [5.74, 6) is 0.461. The Balaban J connectivity index is 1.69. The molecule has 2 N–H and O–H groups in total. The summed E-state index contributed by atoms with van der Waals surface area (Å²) in [5, 5.41) is 6.08. The summed E-state index contributed by atoms with van der Waals surface area (Å²) in [5.41, 5.74) is 3.31. The van der Waals surface area contributed by atoms with Crippen LogP contribution in [-0.2, 0) is 6.54 Å². The van der Waals surface area contributed by atoms with Crippen LogP contribution >= 0.6 is 0 Å². The summed E-state index contributed by atoms with van der Waals surface area (Å²) in [4.78, 5) is 16.3. The highest BCUT2D eigenvalue weighted by Gasteiger charge is 2.09. The van der Waals surface area contributed by atoms with Crippen molar-refractivity contribution in [2.75, 3.05) is 5.32 Å². The molecular weight excluding hydrogens is 290 g/mol. The quantitative estimate of drug-likeness (QED) is 0.755. The van der Waals surface area contributed by atoms with Crippen molar-refractivity contribution in [1.29, 1.82) is 0 Å². The summed E-state index contributed by atoms with van der Waals surface area (Å²) in [6.07, 6.45) is 3.19. The van der Waals surface area contributed by atoms with E-state index < -0.39 is 0 Å². The summed E-state index contributed by atoms with van der Waals surface area (Å²) < 4.78 is 5.19. The molecule has 0 spiro atoms. The Hall–Kier alpha value is -3.08. The molecule has 5 nitrogen and oxygen atoms in total. The molecule has 0 fully saturated rings. The predicted octanol–water partition coefficient (Wildman–Crippen LogP) is 3.66.